The van der Waals surface area contributed by atoms with Crippen molar-refractivity contribution in [2.45, 2.75) is 0 Å². The van der Waals surface area contributed by atoms with Gasteiger partial charge in [0.1, 0.15) is 5.69 Å². The predicted molar refractivity (Wildman–Crippen MR) is 74.3 cm³/mol. The summed E-state index contributed by atoms with van der Waals surface area (Å²) >= 11 is 6.09. The molecule has 0 saturated carbocycles. The fraction of sp³-hybridized carbons (Fsp3) is 0.231. The van der Waals surface area contributed by atoms with Gasteiger partial charge in [-0.1, -0.05) is 17.7 Å². The van der Waals surface area contributed by atoms with Crippen molar-refractivity contribution in [3.05, 3.63) is 35.0 Å². The molecular weight excluding hydrogens is 266 g/mol. The minimum Gasteiger partial charge on any atom is -0.358 e. The summed E-state index contributed by atoms with van der Waals surface area (Å²) in [5, 5.41) is 6.41. The maximum atomic E-state index is 12.0. The van der Waals surface area contributed by atoms with E-state index in [-0.39, 0.29) is 18.4 Å². The van der Waals surface area contributed by atoms with Crippen molar-refractivity contribution in [3.8, 4) is 0 Å². The van der Waals surface area contributed by atoms with Crippen LogP contribution in [-0.4, -0.2) is 30.0 Å². The van der Waals surface area contributed by atoms with Crippen molar-refractivity contribution in [1.29, 1.82) is 0 Å². The van der Waals surface area contributed by atoms with Crippen LogP contribution in [-0.2, 0) is 11.8 Å². The molecular formula is C13H14ClN3O2. The summed E-state index contributed by atoms with van der Waals surface area (Å²) in [6, 6.07) is 7.21. The Morgan fingerprint density at radius 2 is 2.11 bits per heavy atom. The second-order valence-electron chi connectivity index (χ2n) is 4.12. The number of hydrogen-bond donors (Lipinski definition) is 2. The van der Waals surface area contributed by atoms with E-state index in [0.29, 0.717) is 10.7 Å². The first-order valence-corrected chi connectivity index (χ1v) is 6.15. The van der Waals surface area contributed by atoms with Gasteiger partial charge in [-0.15, -0.1) is 0 Å². The van der Waals surface area contributed by atoms with E-state index in [1.165, 1.54) is 7.05 Å². The summed E-state index contributed by atoms with van der Waals surface area (Å²) < 4.78 is 1.75. The molecule has 0 aliphatic heterocycles. The monoisotopic (exact) mass is 279 g/mol. The molecule has 2 amide bonds. The van der Waals surface area contributed by atoms with Crippen LogP contribution in [0.4, 0.5) is 0 Å². The summed E-state index contributed by atoms with van der Waals surface area (Å²) in [6.45, 7) is -0.0510. The molecule has 1 aromatic heterocycles. The zero-order valence-corrected chi connectivity index (χ0v) is 11.4. The Balaban J connectivity index is 2.30. The van der Waals surface area contributed by atoms with E-state index in [9.17, 15) is 9.59 Å². The molecule has 1 heterocycles. The van der Waals surface area contributed by atoms with Crippen LogP contribution in [0.3, 0.4) is 0 Å². The van der Waals surface area contributed by atoms with Gasteiger partial charge < -0.3 is 15.2 Å². The molecule has 19 heavy (non-hydrogen) atoms. The number of nitrogens with zero attached hydrogens (tertiary/aromatic N) is 1. The Labute approximate surface area is 115 Å². The number of benzene rings is 1. The van der Waals surface area contributed by atoms with Gasteiger partial charge in [0, 0.05) is 30.0 Å². The number of hydrogen-bond acceptors (Lipinski definition) is 2. The van der Waals surface area contributed by atoms with E-state index in [0.717, 1.165) is 10.9 Å². The van der Waals surface area contributed by atoms with Gasteiger partial charge in [0.25, 0.3) is 5.91 Å². The first kappa shape index (κ1) is 13.4. The quantitative estimate of drug-likeness (QED) is 0.890. The third-order valence-corrected chi connectivity index (χ3v) is 3.28. The van der Waals surface area contributed by atoms with Crippen molar-refractivity contribution >= 4 is 34.3 Å². The summed E-state index contributed by atoms with van der Waals surface area (Å²) in [4.78, 5) is 23.1. The van der Waals surface area contributed by atoms with E-state index in [1.807, 2.05) is 12.1 Å². The lowest BCUT2D eigenvalue weighted by molar-refractivity contribution is -0.119. The lowest BCUT2D eigenvalue weighted by atomic mass is 10.2. The molecule has 2 N–H and O–H groups in total. The molecule has 100 valence electrons. The number of carbonyl (C=O) groups excluding carboxylic acids is 2. The molecule has 6 heteroatoms. The standard InChI is InChI=1S/C13H14ClN3O2/c1-15-12(18)7-16-13(19)11-6-8-9(14)4-3-5-10(8)17(11)2/h3-6H,7H2,1-2H3,(H,15,18)(H,16,19). The van der Waals surface area contributed by atoms with Gasteiger partial charge in [0.2, 0.25) is 5.91 Å². The van der Waals surface area contributed by atoms with Crippen LogP contribution in [0.15, 0.2) is 24.3 Å². The Morgan fingerprint density at radius 3 is 2.74 bits per heavy atom. The first-order valence-electron chi connectivity index (χ1n) is 5.77. The van der Waals surface area contributed by atoms with Crippen LogP contribution in [0.1, 0.15) is 10.5 Å². The largest absolute Gasteiger partial charge is 0.358 e. The lowest BCUT2D eigenvalue weighted by Gasteiger charge is -2.05. The van der Waals surface area contributed by atoms with E-state index >= 15 is 0 Å². The van der Waals surface area contributed by atoms with Gasteiger partial charge in [-0.25, -0.2) is 0 Å². The second-order valence-corrected chi connectivity index (χ2v) is 4.52. The van der Waals surface area contributed by atoms with Gasteiger partial charge >= 0.3 is 0 Å². The number of halogens is 1. The SMILES string of the molecule is CNC(=O)CNC(=O)c1cc2c(Cl)cccc2n1C. The zero-order chi connectivity index (χ0) is 14.0. The van der Waals surface area contributed by atoms with E-state index < -0.39 is 0 Å². The fourth-order valence-electron chi connectivity index (χ4n) is 1.88. The van der Waals surface area contributed by atoms with Gasteiger partial charge in [0.15, 0.2) is 0 Å². The van der Waals surface area contributed by atoms with Crippen molar-refractivity contribution < 1.29 is 9.59 Å². The number of rotatable bonds is 3. The lowest BCUT2D eigenvalue weighted by Crippen LogP contribution is -2.35. The predicted octanol–water partition coefficient (Wildman–Crippen LogP) is 1.31. The van der Waals surface area contributed by atoms with E-state index in [1.54, 1.807) is 23.7 Å². The summed E-state index contributed by atoms with van der Waals surface area (Å²) in [6.07, 6.45) is 0. The highest BCUT2D eigenvalue weighted by molar-refractivity contribution is 6.35. The highest BCUT2D eigenvalue weighted by Gasteiger charge is 2.15. The smallest absolute Gasteiger partial charge is 0.268 e. The molecule has 2 aromatic rings. The van der Waals surface area contributed by atoms with Crippen LogP contribution in [0.25, 0.3) is 10.9 Å². The highest BCUT2D eigenvalue weighted by atomic mass is 35.5. The molecule has 0 unspecified atom stereocenters. The normalized spacial score (nSPS) is 10.5. The van der Waals surface area contributed by atoms with Crippen molar-refractivity contribution in [2.24, 2.45) is 7.05 Å². The van der Waals surface area contributed by atoms with Crippen LogP contribution in [0.5, 0.6) is 0 Å². The summed E-state index contributed by atoms with van der Waals surface area (Å²) in [7, 11) is 3.30. The van der Waals surface area contributed by atoms with Gasteiger partial charge in [0.05, 0.1) is 6.54 Å². The molecule has 0 saturated heterocycles. The molecule has 0 aliphatic rings. The Bertz CT molecular complexity index is 649. The third-order valence-electron chi connectivity index (χ3n) is 2.95. The Kier molecular flexibility index (Phi) is 3.76. The van der Waals surface area contributed by atoms with Crippen LogP contribution >= 0.6 is 11.6 Å². The second kappa shape index (κ2) is 5.32. The highest BCUT2D eigenvalue weighted by Crippen LogP contribution is 2.25. The van der Waals surface area contributed by atoms with Gasteiger partial charge in [-0.2, -0.15) is 0 Å². The number of aromatic nitrogens is 1. The molecule has 5 nitrogen and oxygen atoms in total. The minimum atomic E-state index is -0.307. The summed E-state index contributed by atoms with van der Waals surface area (Å²) in [5.41, 5.74) is 1.34. The van der Waals surface area contributed by atoms with Crippen molar-refractivity contribution in [1.82, 2.24) is 15.2 Å². The third kappa shape index (κ3) is 2.56. The molecule has 2 rings (SSSR count). The van der Waals surface area contributed by atoms with E-state index in [2.05, 4.69) is 10.6 Å². The Hall–Kier alpha value is -2.01. The van der Waals surface area contributed by atoms with Gasteiger partial charge in [-0.05, 0) is 18.2 Å². The van der Waals surface area contributed by atoms with Crippen molar-refractivity contribution in [2.75, 3.05) is 13.6 Å². The molecule has 0 radical (unpaired) electrons. The Morgan fingerprint density at radius 1 is 1.37 bits per heavy atom. The molecule has 0 aliphatic carbocycles. The number of nitrogens with one attached hydrogen (secondary N) is 2. The molecule has 0 bridgehead atoms. The van der Waals surface area contributed by atoms with Crippen LogP contribution < -0.4 is 10.6 Å². The van der Waals surface area contributed by atoms with Crippen LogP contribution in [0, 0.1) is 0 Å². The van der Waals surface area contributed by atoms with E-state index in [4.69, 9.17) is 11.6 Å². The van der Waals surface area contributed by atoms with Gasteiger partial charge in [-0.3, -0.25) is 9.59 Å². The number of likely N-dealkylation sites (N-methyl/N-ethyl adjacent to an activating group) is 1. The topological polar surface area (TPSA) is 63.1 Å². The first-order chi connectivity index (χ1) is 9.04. The summed E-state index contributed by atoms with van der Waals surface area (Å²) in [5.74, 6) is -0.552. The fourth-order valence-corrected chi connectivity index (χ4v) is 2.11. The number of aryl methyl sites for hydroxylation is 1. The maximum absolute atomic E-state index is 12.0. The minimum absolute atomic E-state index is 0.0510. The average Bonchev–Trinajstić information content (AvgIpc) is 2.75. The molecule has 0 fully saturated rings. The average molecular weight is 280 g/mol. The zero-order valence-electron chi connectivity index (χ0n) is 10.7. The van der Waals surface area contributed by atoms with Crippen molar-refractivity contribution in [3.63, 3.8) is 0 Å². The molecule has 0 atom stereocenters. The molecule has 0 spiro atoms. The number of carbonyl (C=O) groups is 2. The molecule has 1 aromatic carbocycles. The van der Waals surface area contributed by atoms with Crippen LogP contribution in [0.2, 0.25) is 5.02 Å². The number of amides is 2. The maximum Gasteiger partial charge on any atom is 0.268 e. The number of fused-ring (bicyclic) bond motifs is 1.